The maximum absolute atomic E-state index is 5.70. The zero-order chi connectivity index (χ0) is 18.6. The minimum atomic E-state index is 0.158. The molecule has 0 aliphatic heterocycles. The van der Waals surface area contributed by atoms with Gasteiger partial charge in [-0.25, -0.2) is 4.98 Å². The van der Waals surface area contributed by atoms with Crippen molar-refractivity contribution in [3.05, 3.63) is 60.7 Å². The van der Waals surface area contributed by atoms with Gasteiger partial charge in [0.2, 0.25) is 5.95 Å². The third-order valence-corrected chi connectivity index (χ3v) is 4.21. The fourth-order valence-corrected chi connectivity index (χ4v) is 2.79. The molecule has 0 radical (unpaired) electrons. The van der Waals surface area contributed by atoms with Gasteiger partial charge in [-0.3, -0.25) is 0 Å². The fourth-order valence-electron chi connectivity index (χ4n) is 2.79. The Bertz CT molecular complexity index is 890. The molecule has 0 bridgehead atoms. The molecule has 2 N–H and O–H groups in total. The van der Waals surface area contributed by atoms with E-state index in [1.807, 2.05) is 62.4 Å². The first-order chi connectivity index (χ1) is 13.2. The lowest BCUT2D eigenvalue weighted by Crippen LogP contribution is -2.07. The van der Waals surface area contributed by atoms with Gasteiger partial charge in [-0.1, -0.05) is 30.3 Å². The zero-order valence-corrected chi connectivity index (χ0v) is 15.6. The molecule has 5 heteroatoms. The van der Waals surface area contributed by atoms with Crippen LogP contribution >= 0.6 is 0 Å². The maximum Gasteiger partial charge on any atom is 0.229 e. The normalized spacial score (nSPS) is 13.4. The molecule has 1 saturated carbocycles. The van der Waals surface area contributed by atoms with Crippen LogP contribution in [-0.4, -0.2) is 22.1 Å². The van der Waals surface area contributed by atoms with Crippen LogP contribution < -0.4 is 15.4 Å². The van der Waals surface area contributed by atoms with Gasteiger partial charge < -0.3 is 15.4 Å². The van der Waals surface area contributed by atoms with E-state index < -0.39 is 0 Å². The van der Waals surface area contributed by atoms with Crippen molar-refractivity contribution in [2.24, 2.45) is 0 Å². The van der Waals surface area contributed by atoms with Gasteiger partial charge in [0.05, 0.1) is 11.8 Å². The van der Waals surface area contributed by atoms with Crippen molar-refractivity contribution >= 4 is 17.5 Å². The van der Waals surface area contributed by atoms with E-state index in [1.54, 1.807) is 0 Å². The summed E-state index contributed by atoms with van der Waals surface area (Å²) in [7, 11) is 0. The van der Waals surface area contributed by atoms with Gasteiger partial charge in [0.1, 0.15) is 11.6 Å². The van der Waals surface area contributed by atoms with Crippen LogP contribution in [0, 0.1) is 0 Å². The van der Waals surface area contributed by atoms with E-state index in [0.717, 1.165) is 28.5 Å². The fraction of sp³-hybridized carbons (Fsp3) is 0.273. The smallest absolute Gasteiger partial charge is 0.229 e. The monoisotopic (exact) mass is 360 g/mol. The minimum absolute atomic E-state index is 0.158. The van der Waals surface area contributed by atoms with Crippen molar-refractivity contribution in [1.82, 2.24) is 9.97 Å². The van der Waals surface area contributed by atoms with Crippen LogP contribution in [0.1, 0.15) is 26.7 Å². The average molecular weight is 360 g/mol. The topological polar surface area (TPSA) is 59.1 Å². The molecule has 3 aromatic rings. The quantitative estimate of drug-likeness (QED) is 0.603. The molecular formula is C22H24N4O. The molecule has 1 aliphatic rings. The highest BCUT2D eigenvalue weighted by molar-refractivity contribution is 5.66. The predicted molar refractivity (Wildman–Crippen MR) is 110 cm³/mol. The molecule has 0 unspecified atom stereocenters. The average Bonchev–Trinajstić information content (AvgIpc) is 3.47. The molecule has 1 aromatic heterocycles. The molecule has 1 aliphatic carbocycles. The first-order valence-electron chi connectivity index (χ1n) is 9.40. The summed E-state index contributed by atoms with van der Waals surface area (Å²) < 4.78 is 5.70. The van der Waals surface area contributed by atoms with Crippen molar-refractivity contribution in [3.63, 3.8) is 0 Å². The van der Waals surface area contributed by atoms with Crippen LogP contribution in [0.15, 0.2) is 60.7 Å². The molecule has 2 aromatic carbocycles. The number of nitrogens with one attached hydrogen (secondary N) is 2. The van der Waals surface area contributed by atoms with Crippen molar-refractivity contribution in [2.75, 3.05) is 10.6 Å². The molecule has 0 atom stereocenters. The Labute approximate surface area is 159 Å². The molecule has 1 fully saturated rings. The molecule has 0 spiro atoms. The number of benzene rings is 2. The van der Waals surface area contributed by atoms with E-state index in [2.05, 4.69) is 27.8 Å². The summed E-state index contributed by atoms with van der Waals surface area (Å²) in [6.07, 6.45) is 2.56. The Kier molecular flexibility index (Phi) is 4.92. The van der Waals surface area contributed by atoms with Crippen LogP contribution in [0.25, 0.3) is 11.3 Å². The lowest BCUT2D eigenvalue weighted by molar-refractivity contribution is 0.242. The summed E-state index contributed by atoms with van der Waals surface area (Å²) in [4.78, 5) is 9.34. The number of nitrogens with zero attached hydrogens (tertiary/aromatic N) is 2. The molecule has 27 heavy (non-hydrogen) atoms. The van der Waals surface area contributed by atoms with Crippen LogP contribution in [0.5, 0.6) is 5.75 Å². The predicted octanol–water partition coefficient (Wildman–Crippen LogP) is 5.25. The molecular weight excluding hydrogens is 336 g/mol. The highest BCUT2D eigenvalue weighted by atomic mass is 16.5. The lowest BCUT2D eigenvalue weighted by atomic mass is 10.1. The number of rotatable bonds is 7. The summed E-state index contributed by atoms with van der Waals surface area (Å²) in [5.74, 6) is 2.29. The van der Waals surface area contributed by atoms with Gasteiger partial charge in [-0.05, 0) is 51.0 Å². The largest absolute Gasteiger partial charge is 0.491 e. The summed E-state index contributed by atoms with van der Waals surface area (Å²) in [6, 6.07) is 20.6. The van der Waals surface area contributed by atoms with E-state index in [1.165, 1.54) is 12.8 Å². The molecule has 5 nitrogen and oxygen atoms in total. The Morgan fingerprint density at radius 2 is 1.70 bits per heavy atom. The van der Waals surface area contributed by atoms with Crippen molar-refractivity contribution in [2.45, 2.75) is 38.8 Å². The second kappa shape index (κ2) is 7.66. The van der Waals surface area contributed by atoms with Crippen LogP contribution in [0.3, 0.4) is 0 Å². The first-order valence-corrected chi connectivity index (χ1v) is 9.40. The van der Waals surface area contributed by atoms with Crippen molar-refractivity contribution in [1.29, 1.82) is 0 Å². The van der Waals surface area contributed by atoms with Gasteiger partial charge in [-0.15, -0.1) is 0 Å². The van der Waals surface area contributed by atoms with E-state index in [-0.39, 0.29) is 6.10 Å². The van der Waals surface area contributed by atoms with Crippen molar-refractivity contribution < 1.29 is 4.74 Å². The number of aromatic nitrogens is 2. The second-order valence-electron chi connectivity index (χ2n) is 7.06. The Morgan fingerprint density at radius 3 is 2.37 bits per heavy atom. The van der Waals surface area contributed by atoms with Crippen LogP contribution in [-0.2, 0) is 0 Å². The number of hydrogen-bond donors (Lipinski definition) is 2. The second-order valence-corrected chi connectivity index (χ2v) is 7.06. The lowest BCUT2D eigenvalue weighted by Gasteiger charge is -2.12. The van der Waals surface area contributed by atoms with Crippen molar-refractivity contribution in [3.8, 4) is 17.0 Å². The standard InChI is InChI=1S/C22H24N4O/c1-15(2)27-19-12-10-18(11-13-19)24-22-25-20(16-6-4-3-5-7-16)14-21(26-22)23-17-8-9-17/h3-7,10-15,17H,8-9H2,1-2H3,(H2,23,24,25,26). The Balaban J connectivity index is 1.59. The van der Waals surface area contributed by atoms with Gasteiger partial charge >= 0.3 is 0 Å². The number of hydrogen-bond acceptors (Lipinski definition) is 5. The molecule has 0 saturated heterocycles. The SMILES string of the molecule is CC(C)Oc1ccc(Nc2nc(NC3CC3)cc(-c3ccccc3)n2)cc1. The third kappa shape index (κ3) is 4.76. The molecule has 138 valence electrons. The summed E-state index contributed by atoms with van der Waals surface area (Å²) in [5, 5.41) is 6.78. The summed E-state index contributed by atoms with van der Waals surface area (Å²) in [6.45, 7) is 4.03. The number of anilines is 3. The van der Waals surface area contributed by atoms with E-state index in [0.29, 0.717) is 12.0 Å². The van der Waals surface area contributed by atoms with Gasteiger partial charge in [0, 0.05) is 23.4 Å². The molecule has 4 rings (SSSR count). The van der Waals surface area contributed by atoms with Crippen LogP contribution in [0.4, 0.5) is 17.5 Å². The summed E-state index contributed by atoms with van der Waals surface area (Å²) in [5.41, 5.74) is 2.90. The summed E-state index contributed by atoms with van der Waals surface area (Å²) >= 11 is 0. The maximum atomic E-state index is 5.70. The number of ether oxygens (including phenoxy) is 1. The Morgan fingerprint density at radius 1 is 0.963 bits per heavy atom. The van der Waals surface area contributed by atoms with E-state index in [4.69, 9.17) is 9.72 Å². The Hall–Kier alpha value is -3.08. The molecule has 0 amide bonds. The van der Waals surface area contributed by atoms with Gasteiger partial charge in [0.15, 0.2) is 0 Å². The van der Waals surface area contributed by atoms with E-state index >= 15 is 0 Å². The highest BCUT2D eigenvalue weighted by Crippen LogP contribution is 2.28. The van der Waals surface area contributed by atoms with Crippen LogP contribution in [0.2, 0.25) is 0 Å². The van der Waals surface area contributed by atoms with Gasteiger partial charge in [0.25, 0.3) is 0 Å². The highest BCUT2D eigenvalue weighted by Gasteiger charge is 2.22. The minimum Gasteiger partial charge on any atom is -0.491 e. The molecule has 1 heterocycles. The zero-order valence-electron chi connectivity index (χ0n) is 15.6. The van der Waals surface area contributed by atoms with E-state index in [9.17, 15) is 0 Å². The van der Waals surface area contributed by atoms with Gasteiger partial charge in [-0.2, -0.15) is 4.98 Å². The first kappa shape index (κ1) is 17.3. The third-order valence-electron chi connectivity index (χ3n) is 4.21.